The number of hydrogen-bond acceptors (Lipinski definition) is 3. The Balaban J connectivity index is 1.74. The van der Waals surface area contributed by atoms with Gasteiger partial charge in [-0.15, -0.1) is 0 Å². The molecule has 1 amide bonds. The highest BCUT2D eigenvalue weighted by atomic mass is 16.2. The predicted octanol–water partition coefficient (Wildman–Crippen LogP) is 0.989. The number of pyridine rings is 1. The maximum atomic E-state index is 12.7. The maximum Gasteiger partial charge on any atom is 0.254 e. The highest BCUT2D eigenvalue weighted by molar-refractivity contribution is 5.94. The summed E-state index contributed by atoms with van der Waals surface area (Å²) in [5.74, 6) is 0.607. The van der Waals surface area contributed by atoms with Crippen molar-refractivity contribution >= 4 is 5.91 Å². The Morgan fingerprint density at radius 3 is 2.67 bits per heavy atom. The van der Waals surface area contributed by atoms with Crippen molar-refractivity contribution in [3.8, 4) is 0 Å². The molecule has 1 saturated heterocycles. The molecule has 0 aromatic carbocycles. The molecule has 0 atom stereocenters. The number of carbonyl (C=O) groups is 1. The van der Waals surface area contributed by atoms with Crippen LogP contribution in [0.25, 0.3) is 0 Å². The summed E-state index contributed by atoms with van der Waals surface area (Å²) < 4.78 is 1.49. The van der Waals surface area contributed by atoms with Gasteiger partial charge in [0.05, 0.1) is 0 Å². The van der Waals surface area contributed by atoms with E-state index in [0.717, 1.165) is 45.3 Å². The number of rotatable bonds is 4. The van der Waals surface area contributed by atoms with Crippen LogP contribution in [0.15, 0.2) is 23.1 Å². The Morgan fingerprint density at radius 2 is 2.05 bits per heavy atom. The topological polar surface area (TPSA) is 54.3 Å². The molecule has 5 nitrogen and oxygen atoms in total. The van der Waals surface area contributed by atoms with E-state index >= 15 is 0 Å². The van der Waals surface area contributed by atoms with Crippen molar-refractivity contribution in [3.63, 3.8) is 0 Å². The third kappa shape index (κ3) is 3.35. The molecular formula is C16H23N3O2. The van der Waals surface area contributed by atoms with Crippen LogP contribution >= 0.6 is 0 Å². The predicted molar refractivity (Wildman–Crippen MR) is 81.3 cm³/mol. The van der Waals surface area contributed by atoms with Gasteiger partial charge in [-0.1, -0.05) is 0 Å². The van der Waals surface area contributed by atoms with Crippen LogP contribution in [-0.2, 0) is 7.05 Å². The van der Waals surface area contributed by atoms with E-state index in [1.807, 2.05) is 4.90 Å². The Morgan fingerprint density at radius 1 is 1.33 bits per heavy atom. The van der Waals surface area contributed by atoms with Gasteiger partial charge in [-0.25, -0.2) is 0 Å². The number of hydrogen-bond donors (Lipinski definition) is 1. The van der Waals surface area contributed by atoms with Crippen LogP contribution in [0.4, 0.5) is 0 Å². The summed E-state index contributed by atoms with van der Waals surface area (Å²) in [6.45, 7) is 2.92. The second-order valence-electron chi connectivity index (χ2n) is 6.25. The lowest BCUT2D eigenvalue weighted by molar-refractivity contribution is 0.0701. The van der Waals surface area contributed by atoms with Crippen molar-refractivity contribution < 1.29 is 4.79 Å². The zero-order valence-corrected chi connectivity index (χ0v) is 12.5. The highest BCUT2D eigenvalue weighted by Crippen LogP contribution is 2.30. The lowest BCUT2D eigenvalue weighted by atomic mass is 9.97. The minimum absolute atomic E-state index is 0.0220. The molecule has 2 aliphatic rings. The van der Waals surface area contributed by atoms with Crippen molar-refractivity contribution in [1.82, 2.24) is 14.8 Å². The number of piperidine rings is 1. The van der Waals surface area contributed by atoms with Crippen LogP contribution in [0.2, 0.25) is 0 Å². The highest BCUT2D eigenvalue weighted by Gasteiger charge is 2.34. The SMILES string of the molecule is Cn1ccc(C(=O)N(CC2CCNCC2)C2CC2)cc1=O. The van der Waals surface area contributed by atoms with Gasteiger partial charge >= 0.3 is 0 Å². The largest absolute Gasteiger partial charge is 0.335 e. The molecule has 1 aromatic rings. The number of carbonyl (C=O) groups excluding carboxylic acids is 1. The summed E-state index contributed by atoms with van der Waals surface area (Å²) >= 11 is 0. The quantitative estimate of drug-likeness (QED) is 0.899. The normalized spacial score (nSPS) is 19.5. The Bertz CT molecular complexity index is 571. The summed E-state index contributed by atoms with van der Waals surface area (Å²) in [4.78, 5) is 26.5. The molecule has 0 spiro atoms. The molecule has 2 heterocycles. The number of aryl methyl sites for hydroxylation is 1. The van der Waals surface area contributed by atoms with E-state index in [2.05, 4.69) is 5.32 Å². The fourth-order valence-corrected chi connectivity index (χ4v) is 2.97. The van der Waals surface area contributed by atoms with Gasteiger partial charge in [0, 0.05) is 37.5 Å². The monoisotopic (exact) mass is 289 g/mol. The first-order valence-electron chi connectivity index (χ1n) is 7.83. The average Bonchev–Trinajstić information content (AvgIpc) is 3.33. The lowest BCUT2D eigenvalue weighted by Gasteiger charge is -2.30. The second kappa shape index (κ2) is 6.02. The van der Waals surface area contributed by atoms with Crippen LogP contribution in [0.5, 0.6) is 0 Å². The van der Waals surface area contributed by atoms with Gasteiger partial charge in [0.15, 0.2) is 0 Å². The lowest BCUT2D eigenvalue weighted by Crippen LogP contribution is -2.41. The van der Waals surface area contributed by atoms with E-state index < -0.39 is 0 Å². The zero-order valence-electron chi connectivity index (χ0n) is 12.5. The molecule has 0 unspecified atom stereocenters. The summed E-state index contributed by atoms with van der Waals surface area (Å²) in [5, 5.41) is 3.36. The van der Waals surface area contributed by atoms with Crippen molar-refractivity contribution in [3.05, 3.63) is 34.2 Å². The summed E-state index contributed by atoms with van der Waals surface area (Å²) in [6.07, 6.45) is 6.13. The van der Waals surface area contributed by atoms with Crippen LogP contribution in [0.1, 0.15) is 36.0 Å². The van der Waals surface area contributed by atoms with Crippen LogP contribution in [-0.4, -0.2) is 41.1 Å². The Hall–Kier alpha value is -1.62. The summed E-state index contributed by atoms with van der Waals surface area (Å²) in [5.41, 5.74) is 0.400. The molecule has 1 N–H and O–H groups in total. The molecule has 1 aromatic heterocycles. The van der Waals surface area contributed by atoms with Crippen molar-refractivity contribution in [2.75, 3.05) is 19.6 Å². The first-order valence-corrected chi connectivity index (χ1v) is 7.83. The van der Waals surface area contributed by atoms with Gasteiger partial charge in [0.2, 0.25) is 0 Å². The molecule has 2 fully saturated rings. The summed E-state index contributed by atoms with van der Waals surface area (Å²) in [6, 6.07) is 3.60. The molecule has 114 valence electrons. The third-order valence-electron chi connectivity index (χ3n) is 4.51. The van der Waals surface area contributed by atoms with Gasteiger partial charge in [0.25, 0.3) is 11.5 Å². The standard InChI is InChI=1S/C16H23N3O2/c1-18-9-6-13(10-15(18)20)16(21)19(14-2-3-14)11-12-4-7-17-8-5-12/h6,9-10,12,14,17H,2-5,7-8,11H2,1H3. The van der Waals surface area contributed by atoms with Gasteiger partial charge in [-0.2, -0.15) is 0 Å². The van der Waals surface area contributed by atoms with E-state index in [-0.39, 0.29) is 11.5 Å². The molecule has 5 heteroatoms. The van der Waals surface area contributed by atoms with Crippen LogP contribution in [0.3, 0.4) is 0 Å². The number of nitrogens with one attached hydrogen (secondary N) is 1. The zero-order chi connectivity index (χ0) is 14.8. The van der Waals surface area contributed by atoms with Crippen molar-refractivity contribution in [1.29, 1.82) is 0 Å². The Kier molecular flexibility index (Phi) is 4.10. The van der Waals surface area contributed by atoms with E-state index in [1.165, 1.54) is 10.6 Å². The molecule has 3 rings (SSSR count). The van der Waals surface area contributed by atoms with E-state index in [9.17, 15) is 9.59 Å². The molecule has 1 aliphatic heterocycles. The van der Waals surface area contributed by atoms with Gasteiger partial charge in [-0.05, 0) is 50.8 Å². The van der Waals surface area contributed by atoms with E-state index in [1.54, 1.807) is 19.3 Å². The van der Waals surface area contributed by atoms with Crippen LogP contribution in [0, 0.1) is 5.92 Å². The molecule has 1 saturated carbocycles. The average molecular weight is 289 g/mol. The number of nitrogens with zero attached hydrogens (tertiary/aromatic N) is 2. The van der Waals surface area contributed by atoms with Gasteiger partial charge in [-0.3, -0.25) is 9.59 Å². The molecule has 0 bridgehead atoms. The van der Waals surface area contributed by atoms with Gasteiger partial charge in [0.1, 0.15) is 0 Å². The fourth-order valence-electron chi connectivity index (χ4n) is 2.97. The van der Waals surface area contributed by atoms with Crippen molar-refractivity contribution in [2.24, 2.45) is 13.0 Å². The molecule has 21 heavy (non-hydrogen) atoms. The minimum Gasteiger partial charge on any atom is -0.335 e. The van der Waals surface area contributed by atoms with Crippen LogP contribution < -0.4 is 10.9 Å². The third-order valence-corrected chi connectivity index (χ3v) is 4.51. The fraction of sp³-hybridized carbons (Fsp3) is 0.625. The van der Waals surface area contributed by atoms with E-state index in [4.69, 9.17) is 0 Å². The first kappa shape index (κ1) is 14.3. The smallest absolute Gasteiger partial charge is 0.254 e. The molecule has 1 aliphatic carbocycles. The van der Waals surface area contributed by atoms with Gasteiger partial charge < -0.3 is 14.8 Å². The first-order chi connectivity index (χ1) is 10.1. The van der Waals surface area contributed by atoms with Crippen molar-refractivity contribution in [2.45, 2.75) is 31.7 Å². The maximum absolute atomic E-state index is 12.7. The number of aromatic nitrogens is 1. The Labute approximate surface area is 124 Å². The second-order valence-corrected chi connectivity index (χ2v) is 6.25. The molecule has 0 radical (unpaired) electrons. The molecular weight excluding hydrogens is 266 g/mol. The number of amides is 1. The summed E-state index contributed by atoms with van der Waals surface area (Å²) in [7, 11) is 1.70. The minimum atomic E-state index is -0.126. The van der Waals surface area contributed by atoms with E-state index in [0.29, 0.717) is 17.5 Å².